The van der Waals surface area contributed by atoms with Gasteiger partial charge in [0.2, 0.25) is 5.82 Å². The lowest BCUT2D eigenvalue weighted by Gasteiger charge is -2.27. The van der Waals surface area contributed by atoms with Crippen LogP contribution in [-0.4, -0.2) is 5.97 Å². The highest BCUT2D eigenvalue weighted by atomic mass is 19.2. The van der Waals surface area contributed by atoms with Gasteiger partial charge >= 0.3 is 5.97 Å². The number of carbonyl (C=O) groups is 1. The average Bonchev–Trinajstić information content (AvgIpc) is 2.68. The number of hydrogen-bond acceptors (Lipinski definition) is 2. The fraction of sp³-hybridized carbons (Fsp3) is 0.609. The van der Waals surface area contributed by atoms with Crippen molar-refractivity contribution in [2.75, 3.05) is 0 Å². The summed E-state index contributed by atoms with van der Waals surface area (Å²) in [5.74, 6) is -0.923. The van der Waals surface area contributed by atoms with Gasteiger partial charge in [0.1, 0.15) is 0 Å². The van der Waals surface area contributed by atoms with Gasteiger partial charge < -0.3 is 4.74 Å². The van der Waals surface area contributed by atoms with Crippen LogP contribution in [0.15, 0.2) is 24.3 Å². The van der Waals surface area contributed by atoms with Crippen molar-refractivity contribution in [2.24, 2.45) is 23.7 Å². The van der Waals surface area contributed by atoms with Crippen molar-refractivity contribution < 1.29 is 18.3 Å². The van der Waals surface area contributed by atoms with Crippen molar-refractivity contribution in [1.29, 1.82) is 0 Å². The van der Waals surface area contributed by atoms with E-state index in [-0.39, 0.29) is 17.2 Å². The smallest absolute Gasteiger partial charge is 0.314 e. The maximum absolute atomic E-state index is 13.9. The van der Waals surface area contributed by atoms with Crippen molar-refractivity contribution in [3.63, 3.8) is 0 Å². The van der Waals surface area contributed by atoms with Gasteiger partial charge in [-0.25, -0.2) is 4.39 Å². The quantitative estimate of drug-likeness (QED) is 0.347. The van der Waals surface area contributed by atoms with E-state index in [0.29, 0.717) is 11.8 Å². The Balaban J connectivity index is 1.47. The second-order valence-corrected chi connectivity index (χ2v) is 8.45. The lowest BCUT2D eigenvalue weighted by molar-refractivity contribution is -0.140. The van der Waals surface area contributed by atoms with E-state index in [9.17, 15) is 13.6 Å². The summed E-state index contributed by atoms with van der Waals surface area (Å²) >= 11 is 0. The predicted octanol–water partition coefficient (Wildman–Crippen LogP) is 6.37. The zero-order chi connectivity index (χ0) is 19.4. The highest BCUT2D eigenvalue weighted by Gasteiger charge is 2.28. The zero-order valence-corrected chi connectivity index (χ0v) is 16.3. The molecule has 2 aliphatic rings. The Bertz CT molecular complexity index is 682. The standard InChI is InChI=1S/C23H30F2O2/c1-15-3-6-17(7-4-15)8-9-18-10-12-19(13-11-18)23(26)27-20-14-5-16(2)21(24)22(20)25/h5,8-9,14-15,17-19H,3-4,6-7,10-13H2,1-2H3/b9-8+. The van der Waals surface area contributed by atoms with Crippen LogP contribution in [0.4, 0.5) is 8.78 Å². The number of benzene rings is 1. The van der Waals surface area contributed by atoms with Gasteiger partial charge in [-0.15, -0.1) is 0 Å². The summed E-state index contributed by atoms with van der Waals surface area (Å²) in [5.41, 5.74) is 0.201. The van der Waals surface area contributed by atoms with Crippen LogP contribution in [0.25, 0.3) is 0 Å². The summed E-state index contributed by atoms with van der Waals surface area (Å²) in [6.07, 6.45) is 13.3. The Morgan fingerprint density at radius 1 is 0.926 bits per heavy atom. The predicted molar refractivity (Wildman–Crippen MR) is 102 cm³/mol. The summed E-state index contributed by atoms with van der Waals surface area (Å²) < 4.78 is 32.7. The highest BCUT2D eigenvalue weighted by molar-refractivity contribution is 5.75. The molecule has 0 aromatic heterocycles. The van der Waals surface area contributed by atoms with Crippen molar-refractivity contribution in [3.05, 3.63) is 41.5 Å². The van der Waals surface area contributed by atoms with Crippen LogP contribution in [0.5, 0.6) is 5.75 Å². The number of allylic oxidation sites excluding steroid dienone is 2. The molecule has 0 radical (unpaired) electrons. The number of aryl methyl sites for hydroxylation is 1. The minimum absolute atomic E-state index is 0.201. The molecular formula is C23H30F2O2. The lowest BCUT2D eigenvalue weighted by Crippen LogP contribution is -2.25. The Morgan fingerprint density at radius 3 is 2.07 bits per heavy atom. The molecule has 3 rings (SSSR count). The van der Waals surface area contributed by atoms with Crippen LogP contribution >= 0.6 is 0 Å². The van der Waals surface area contributed by atoms with Gasteiger partial charge in [0.25, 0.3) is 0 Å². The zero-order valence-electron chi connectivity index (χ0n) is 16.3. The fourth-order valence-corrected chi connectivity index (χ4v) is 4.24. The van der Waals surface area contributed by atoms with E-state index in [1.54, 1.807) is 0 Å². The molecule has 27 heavy (non-hydrogen) atoms. The number of carbonyl (C=O) groups excluding carboxylic acids is 1. The van der Waals surface area contributed by atoms with Crippen molar-refractivity contribution in [2.45, 2.75) is 65.2 Å². The Morgan fingerprint density at radius 2 is 1.48 bits per heavy atom. The second kappa shape index (κ2) is 8.99. The molecule has 0 amide bonds. The molecular weight excluding hydrogens is 346 g/mol. The first-order valence-electron chi connectivity index (χ1n) is 10.3. The van der Waals surface area contributed by atoms with E-state index in [2.05, 4.69) is 19.1 Å². The van der Waals surface area contributed by atoms with Crippen molar-refractivity contribution >= 4 is 5.97 Å². The van der Waals surface area contributed by atoms with E-state index < -0.39 is 17.6 Å². The molecule has 4 heteroatoms. The molecule has 0 heterocycles. The van der Waals surface area contributed by atoms with E-state index >= 15 is 0 Å². The molecule has 2 saturated carbocycles. The Hall–Kier alpha value is -1.71. The monoisotopic (exact) mass is 376 g/mol. The number of hydrogen-bond donors (Lipinski definition) is 0. The highest BCUT2D eigenvalue weighted by Crippen LogP contribution is 2.34. The largest absolute Gasteiger partial charge is 0.423 e. The first-order valence-corrected chi connectivity index (χ1v) is 10.3. The number of ether oxygens (including phenoxy) is 1. The van der Waals surface area contributed by atoms with Gasteiger partial charge in [-0.3, -0.25) is 4.79 Å². The van der Waals surface area contributed by atoms with Gasteiger partial charge in [0.05, 0.1) is 5.92 Å². The van der Waals surface area contributed by atoms with E-state index in [4.69, 9.17) is 4.74 Å². The molecule has 1 aromatic carbocycles. The van der Waals surface area contributed by atoms with E-state index in [1.165, 1.54) is 44.7 Å². The maximum Gasteiger partial charge on any atom is 0.314 e. The third-order valence-electron chi connectivity index (χ3n) is 6.27. The lowest BCUT2D eigenvalue weighted by atomic mass is 9.79. The van der Waals surface area contributed by atoms with Crippen LogP contribution in [0.1, 0.15) is 63.9 Å². The number of rotatable bonds is 4. The van der Waals surface area contributed by atoms with Gasteiger partial charge in [0.15, 0.2) is 11.6 Å². The van der Waals surface area contributed by atoms with Crippen molar-refractivity contribution in [1.82, 2.24) is 0 Å². The molecule has 0 saturated heterocycles. The molecule has 0 atom stereocenters. The fourth-order valence-electron chi connectivity index (χ4n) is 4.24. The first kappa shape index (κ1) is 20.0. The third kappa shape index (κ3) is 5.18. The summed E-state index contributed by atoms with van der Waals surface area (Å²) in [6, 6.07) is 2.75. The van der Waals surface area contributed by atoms with Gasteiger partial charge in [0, 0.05) is 0 Å². The van der Waals surface area contributed by atoms with Crippen LogP contribution in [0.3, 0.4) is 0 Å². The van der Waals surface area contributed by atoms with Crippen LogP contribution in [0.2, 0.25) is 0 Å². The molecule has 0 aliphatic heterocycles. The number of halogens is 2. The summed E-state index contributed by atoms with van der Waals surface area (Å²) in [5, 5.41) is 0. The molecule has 0 bridgehead atoms. The van der Waals surface area contributed by atoms with Gasteiger partial charge in [-0.2, -0.15) is 4.39 Å². The Labute approximate surface area is 161 Å². The minimum Gasteiger partial charge on any atom is -0.423 e. The van der Waals surface area contributed by atoms with Gasteiger partial charge in [-0.1, -0.05) is 38.0 Å². The molecule has 1 aromatic rings. The second-order valence-electron chi connectivity index (χ2n) is 8.45. The summed E-state index contributed by atoms with van der Waals surface area (Å²) in [4.78, 5) is 12.3. The molecule has 0 unspecified atom stereocenters. The molecule has 2 aliphatic carbocycles. The van der Waals surface area contributed by atoms with Crippen molar-refractivity contribution in [3.8, 4) is 5.75 Å². The normalized spacial score (nSPS) is 29.0. The Kier molecular flexibility index (Phi) is 6.67. The molecule has 2 nitrogen and oxygen atoms in total. The van der Waals surface area contributed by atoms with Crippen LogP contribution < -0.4 is 4.74 Å². The first-order chi connectivity index (χ1) is 12.9. The van der Waals surface area contributed by atoms with Crippen LogP contribution in [0, 0.1) is 42.2 Å². The summed E-state index contributed by atoms with van der Waals surface area (Å²) in [6.45, 7) is 3.81. The third-order valence-corrected chi connectivity index (χ3v) is 6.27. The van der Waals surface area contributed by atoms with E-state index in [1.807, 2.05) is 0 Å². The number of esters is 1. The molecule has 148 valence electrons. The topological polar surface area (TPSA) is 26.3 Å². The molecule has 2 fully saturated rings. The van der Waals surface area contributed by atoms with E-state index in [0.717, 1.165) is 31.6 Å². The summed E-state index contributed by atoms with van der Waals surface area (Å²) in [7, 11) is 0. The van der Waals surface area contributed by atoms with Gasteiger partial charge in [-0.05, 0) is 74.8 Å². The maximum atomic E-state index is 13.9. The SMILES string of the molecule is Cc1ccc(OC(=O)C2CCC(/C=C/C3CCC(C)CC3)CC2)c(F)c1F. The molecule has 0 N–H and O–H groups in total. The minimum atomic E-state index is -1.08. The molecule has 0 spiro atoms. The van der Waals surface area contributed by atoms with Crippen LogP contribution in [-0.2, 0) is 4.79 Å². The average molecular weight is 376 g/mol.